The van der Waals surface area contributed by atoms with Gasteiger partial charge >= 0.3 is 0 Å². The van der Waals surface area contributed by atoms with Crippen molar-refractivity contribution in [2.75, 3.05) is 26.2 Å². The van der Waals surface area contributed by atoms with Crippen molar-refractivity contribution < 1.29 is 14.7 Å². The van der Waals surface area contributed by atoms with Crippen LogP contribution < -0.4 is 0 Å². The Morgan fingerprint density at radius 1 is 1.04 bits per heavy atom. The van der Waals surface area contributed by atoms with Gasteiger partial charge < -0.3 is 14.9 Å². The lowest BCUT2D eigenvalue weighted by atomic mass is 10.0. The number of aromatic hydroxyl groups is 1. The number of thiophene rings is 1. The molecule has 1 aromatic carbocycles. The summed E-state index contributed by atoms with van der Waals surface area (Å²) >= 11 is 1.50. The average molecular weight is 372 g/mol. The van der Waals surface area contributed by atoms with Gasteiger partial charge in [-0.3, -0.25) is 9.59 Å². The van der Waals surface area contributed by atoms with E-state index in [1.165, 1.54) is 11.3 Å². The van der Waals surface area contributed by atoms with Crippen molar-refractivity contribution in [2.45, 2.75) is 26.2 Å². The Bertz CT molecular complexity index is 786. The van der Waals surface area contributed by atoms with E-state index in [0.717, 1.165) is 12.0 Å². The van der Waals surface area contributed by atoms with E-state index >= 15 is 0 Å². The molecule has 1 fully saturated rings. The highest BCUT2D eigenvalue weighted by molar-refractivity contribution is 7.08. The van der Waals surface area contributed by atoms with Gasteiger partial charge in [0.2, 0.25) is 0 Å². The summed E-state index contributed by atoms with van der Waals surface area (Å²) in [4.78, 5) is 28.9. The Morgan fingerprint density at radius 3 is 2.31 bits per heavy atom. The fourth-order valence-electron chi connectivity index (χ4n) is 3.15. The molecule has 1 aliphatic rings. The van der Waals surface area contributed by atoms with Crippen LogP contribution in [0.5, 0.6) is 5.75 Å². The molecule has 1 saturated heterocycles. The normalized spacial score (nSPS) is 15.2. The minimum atomic E-state index is -0.178. The molecule has 3 rings (SSSR count). The Morgan fingerprint density at radius 2 is 1.73 bits per heavy atom. The van der Waals surface area contributed by atoms with Crippen LogP contribution in [0, 0.1) is 0 Å². The molecule has 0 aliphatic carbocycles. The molecule has 2 aromatic rings. The molecule has 138 valence electrons. The van der Waals surface area contributed by atoms with Crippen LogP contribution in [0.4, 0.5) is 0 Å². The van der Waals surface area contributed by atoms with E-state index in [9.17, 15) is 14.7 Å². The molecule has 0 atom stereocenters. The van der Waals surface area contributed by atoms with E-state index in [1.807, 2.05) is 36.7 Å². The lowest BCUT2D eigenvalue weighted by Gasteiger charge is -2.22. The van der Waals surface area contributed by atoms with Crippen LogP contribution >= 0.6 is 11.3 Å². The van der Waals surface area contributed by atoms with E-state index in [4.69, 9.17) is 0 Å². The van der Waals surface area contributed by atoms with Gasteiger partial charge in [-0.15, -0.1) is 0 Å². The molecule has 2 amide bonds. The number of benzene rings is 1. The SMILES string of the molecule is CC(C)c1ccc(C(=O)N2CCCN(C(=O)c3ccsc3)CC2)c(O)c1. The number of nitrogens with zero attached hydrogens (tertiary/aromatic N) is 2. The number of phenolic OH excluding ortho intramolecular Hbond substituents is 1. The summed E-state index contributed by atoms with van der Waals surface area (Å²) in [5, 5.41) is 14.0. The van der Waals surface area contributed by atoms with Gasteiger partial charge in [-0.05, 0) is 41.5 Å². The van der Waals surface area contributed by atoms with Crippen LogP contribution in [0.25, 0.3) is 0 Å². The molecule has 0 unspecified atom stereocenters. The maximum Gasteiger partial charge on any atom is 0.257 e. The number of hydrogen-bond donors (Lipinski definition) is 1. The fraction of sp³-hybridized carbons (Fsp3) is 0.400. The molecule has 6 heteroatoms. The van der Waals surface area contributed by atoms with Crippen molar-refractivity contribution in [2.24, 2.45) is 0 Å². The monoisotopic (exact) mass is 372 g/mol. The lowest BCUT2D eigenvalue weighted by molar-refractivity contribution is 0.0717. The molecule has 1 aromatic heterocycles. The number of rotatable bonds is 3. The van der Waals surface area contributed by atoms with E-state index in [2.05, 4.69) is 0 Å². The molecule has 0 radical (unpaired) electrons. The smallest absolute Gasteiger partial charge is 0.257 e. The second-order valence-electron chi connectivity index (χ2n) is 6.88. The summed E-state index contributed by atoms with van der Waals surface area (Å²) in [5.74, 6) is 0.156. The Balaban J connectivity index is 1.69. The molecule has 0 spiro atoms. The van der Waals surface area contributed by atoms with Crippen LogP contribution in [0.15, 0.2) is 35.0 Å². The van der Waals surface area contributed by atoms with Crippen LogP contribution in [-0.2, 0) is 0 Å². The van der Waals surface area contributed by atoms with Gasteiger partial charge in [-0.2, -0.15) is 11.3 Å². The predicted molar refractivity (Wildman–Crippen MR) is 103 cm³/mol. The number of phenols is 1. The third-order valence-corrected chi connectivity index (χ3v) is 5.44. The van der Waals surface area contributed by atoms with Gasteiger partial charge in [-0.1, -0.05) is 19.9 Å². The van der Waals surface area contributed by atoms with Crippen molar-refractivity contribution >= 4 is 23.2 Å². The number of carbonyl (C=O) groups is 2. The number of carbonyl (C=O) groups excluding carboxylic acids is 2. The summed E-state index contributed by atoms with van der Waals surface area (Å²) < 4.78 is 0. The molecular weight excluding hydrogens is 348 g/mol. The first-order chi connectivity index (χ1) is 12.5. The highest BCUT2D eigenvalue weighted by Gasteiger charge is 2.25. The summed E-state index contributed by atoms with van der Waals surface area (Å²) in [5.41, 5.74) is 2.03. The lowest BCUT2D eigenvalue weighted by Crippen LogP contribution is -2.37. The van der Waals surface area contributed by atoms with Gasteiger partial charge in [0.25, 0.3) is 11.8 Å². The van der Waals surface area contributed by atoms with Crippen LogP contribution in [0.3, 0.4) is 0 Å². The van der Waals surface area contributed by atoms with Crippen molar-refractivity contribution in [3.63, 3.8) is 0 Å². The van der Waals surface area contributed by atoms with Gasteiger partial charge in [0.05, 0.1) is 11.1 Å². The van der Waals surface area contributed by atoms with Crippen molar-refractivity contribution in [1.29, 1.82) is 0 Å². The van der Waals surface area contributed by atoms with E-state index in [1.54, 1.807) is 21.9 Å². The van der Waals surface area contributed by atoms with Crippen LogP contribution in [0.2, 0.25) is 0 Å². The maximum atomic E-state index is 12.8. The van der Waals surface area contributed by atoms with E-state index < -0.39 is 0 Å². The Labute approximate surface area is 157 Å². The summed E-state index contributed by atoms with van der Waals surface area (Å²) in [6.07, 6.45) is 0.729. The Hall–Kier alpha value is -2.34. The second-order valence-corrected chi connectivity index (χ2v) is 7.66. The molecule has 1 aliphatic heterocycles. The summed E-state index contributed by atoms with van der Waals surface area (Å²) in [6.45, 7) is 6.29. The quantitative estimate of drug-likeness (QED) is 0.896. The summed E-state index contributed by atoms with van der Waals surface area (Å²) in [6, 6.07) is 7.09. The van der Waals surface area contributed by atoms with Crippen LogP contribution in [0.1, 0.15) is 52.5 Å². The molecular formula is C20H24N2O3S. The number of amides is 2. The highest BCUT2D eigenvalue weighted by atomic mass is 32.1. The van der Waals surface area contributed by atoms with Gasteiger partial charge in [0.1, 0.15) is 5.75 Å². The fourth-order valence-corrected chi connectivity index (χ4v) is 3.78. The minimum absolute atomic E-state index is 0.0182. The zero-order valence-electron chi connectivity index (χ0n) is 15.1. The first-order valence-corrected chi connectivity index (χ1v) is 9.85. The van der Waals surface area contributed by atoms with Gasteiger partial charge in [0.15, 0.2) is 0 Å². The highest BCUT2D eigenvalue weighted by Crippen LogP contribution is 2.25. The largest absolute Gasteiger partial charge is 0.507 e. The zero-order valence-corrected chi connectivity index (χ0v) is 16.0. The first kappa shape index (κ1) is 18.5. The standard InChI is InChI=1S/C20H24N2O3S/c1-14(2)15-4-5-17(18(23)12-15)20(25)22-8-3-7-21(9-10-22)19(24)16-6-11-26-13-16/h4-6,11-14,23H,3,7-10H2,1-2H3. The zero-order chi connectivity index (χ0) is 18.7. The second kappa shape index (κ2) is 7.91. The van der Waals surface area contributed by atoms with Gasteiger partial charge in [-0.25, -0.2) is 0 Å². The molecule has 0 bridgehead atoms. The minimum Gasteiger partial charge on any atom is -0.507 e. The molecule has 1 N–H and O–H groups in total. The third kappa shape index (κ3) is 3.90. The van der Waals surface area contributed by atoms with Gasteiger partial charge in [0, 0.05) is 31.6 Å². The van der Waals surface area contributed by atoms with E-state index in [0.29, 0.717) is 43.2 Å². The molecule has 26 heavy (non-hydrogen) atoms. The Kier molecular flexibility index (Phi) is 5.61. The van der Waals surface area contributed by atoms with E-state index in [-0.39, 0.29) is 17.6 Å². The first-order valence-electron chi connectivity index (χ1n) is 8.91. The predicted octanol–water partition coefficient (Wildman–Crippen LogP) is 3.57. The average Bonchev–Trinajstić information content (AvgIpc) is 3.05. The topological polar surface area (TPSA) is 60.9 Å². The van der Waals surface area contributed by atoms with Crippen molar-refractivity contribution in [1.82, 2.24) is 9.80 Å². The van der Waals surface area contributed by atoms with Crippen molar-refractivity contribution in [3.8, 4) is 5.75 Å². The molecule has 2 heterocycles. The molecule has 0 saturated carbocycles. The molecule has 5 nitrogen and oxygen atoms in total. The maximum absolute atomic E-state index is 12.8. The number of hydrogen-bond acceptors (Lipinski definition) is 4. The third-order valence-electron chi connectivity index (χ3n) is 4.76. The van der Waals surface area contributed by atoms with Crippen molar-refractivity contribution in [3.05, 3.63) is 51.7 Å². The van der Waals surface area contributed by atoms with Crippen LogP contribution in [-0.4, -0.2) is 52.9 Å². The summed E-state index contributed by atoms with van der Waals surface area (Å²) in [7, 11) is 0.